The van der Waals surface area contributed by atoms with Crippen LogP contribution in [-0.2, 0) is 0 Å². The summed E-state index contributed by atoms with van der Waals surface area (Å²) in [7, 11) is 0. The van der Waals surface area contributed by atoms with Crippen LogP contribution in [0.3, 0.4) is 0 Å². The van der Waals surface area contributed by atoms with E-state index in [-0.39, 0.29) is 0 Å². The smallest absolute Gasteiger partial charge is 0.146 e. The number of thiophene rings is 2. The van der Waals surface area contributed by atoms with Crippen LogP contribution in [0.5, 0.6) is 0 Å². The number of nitrogens with zero attached hydrogens (tertiary/aromatic N) is 3. The van der Waals surface area contributed by atoms with Gasteiger partial charge in [0, 0.05) is 39.1 Å². The molecule has 0 radical (unpaired) electrons. The van der Waals surface area contributed by atoms with E-state index in [4.69, 9.17) is 9.97 Å². The molecule has 0 spiro atoms. The molecule has 6 rings (SSSR count). The van der Waals surface area contributed by atoms with Gasteiger partial charge >= 0.3 is 0 Å². The van der Waals surface area contributed by atoms with Crippen LogP contribution in [0.4, 0.5) is 0 Å². The van der Waals surface area contributed by atoms with Gasteiger partial charge < -0.3 is 0 Å². The van der Waals surface area contributed by atoms with E-state index in [2.05, 4.69) is 80.9 Å². The Hall–Kier alpha value is -3.02. The van der Waals surface area contributed by atoms with Gasteiger partial charge in [0.15, 0.2) is 0 Å². The molecule has 6 aromatic rings. The number of aryl methyl sites for hydroxylation is 4. The summed E-state index contributed by atoms with van der Waals surface area (Å²) in [5, 5.41) is 2.56. The Morgan fingerprint density at radius 1 is 0.742 bits per heavy atom. The van der Waals surface area contributed by atoms with Gasteiger partial charge in [0.1, 0.15) is 10.7 Å². The molecule has 2 aromatic carbocycles. The minimum atomic E-state index is 1.01. The Kier molecular flexibility index (Phi) is 4.07. The molecule has 5 heteroatoms. The molecule has 4 aromatic heterocycles. The van der Waals surface area contributed by atoms with Crippen LogP contribution in [-0.4, -0.2) is 14.5 Å². The maximum absolute atomic E-state index is 4.85. The number of para-hydroxylation sites is 1. The number of rotatable bonds is 2. The van der Waals surface area contributed by atoms with Crippen LogP contribution in [0.15, 0.2) is 54.9 Å². The van der Waals surface area contributed by atoms with E-state index in [1.54, 1.807) is 11.3 Å². The van der Waals surface area contributed by atoms with Gasteiger partial charge in [-0.3, -0.25) is 4.57 Å². The Bertz CT molecular complexity index is 1610. The third-order valence-corrected chi connectivity index (χ3v) is 8.53. The van der Waals surface area contributed by atoms with Gasteiger partial charge in [0.25, 0.3) is 0 Å². The van der Waals surface area contributed by atoms with Crippen molar-refractivity contribution in [2.75, 3.05) is 0 Å². The number of fused-ring (bicyclic) bond motifs is 5. The molecule has 31 heavy (non-hydrogen) atoms. The Labute approximate surface area is 188 Å². The van der Waals surface area contributed by atoms with Gasteiger partial charge in [-0.2, -0.15) is 0 Å². The fourth-order valence-electron chi connectivity index (χ4n) is 4.53. The van der Waals surface area contributed by atoms with E-state index in [1.165, 1.54) is 52.8 Å². The quantitative estimate of drug-likeness (QED) is 0.276. The summed E-state index contributed by atoms with van der Waals surface area (Å²) in [6.07, 6.45) is 4.00. The molecule has 4 heterocycles. The monoisotopic (exact) mass is 439 g/mol. The van der Waals surface area contributed by atoms with Crippen LogP contribution in [0, 0.1) is 27.7 Å². The molecule has 152 valence electrons. The van der Waals surface area contributed by atoms with E-state index in [0.29, 0.717) is 0 Å². The second-order valence-corrected chi connectivity index (χ2v) is 10.2. The Morgan fingerprint density at radius 3 is 2.29 bits per heavy atom. The van der Waals surface area contributed by atoms with Gasteiger partial charge in [0.05, 0.1) is 15.1 Å². The zero-order chi connectivity index (χ0) is 21.3. The minimum absolute atomic E-state index is 1.01. The predicted molar refractivity (Wildman–Crippen MR) is 134 cm³/mol. The average molecular weight is 440 g/mol. The number of aromatic nitrogens is 3. The first-order chi connectivity index (χ1) is 15.0. The second kappa shape index (κ2) is 6.74. The molecule has 0 saturated heterocycles. The van der Waals surface area contributed by atoms with Crippen LogP contribution < -0.4 is 0 Å². The number of imidazole rings is 1. The van der Waals surface area contributed by atoms with Crippen molar-refractivity contribution in [2.45, 2.75) is 27.7 Å². The van der Waals surface area contributed by atoms with Crippen molar-refractivity contribution in [3.8, 4) is 17.1 Å². The standard InChI is InChI=1S/C26H21N3S2/c1-14-8-10-18-22(30-24-19-11-9-17(4)28-26(19)31-23(18)24)20(14)25-27-12-13-29(25)21-15(2)6-5-7-16(21)3/h5-13H,1-4H3. The summed E-state index contributed by atoms with van der Waals surface area (Å²) >= 11 is 3.67. The second-order valence-electron chi connectivity index (χ2n) is 8.16. The lowest BCUT2D eigenvalue weighted by Gasteiger charge is -2.15. The first-order valence-electron chi connectivity index (χ1n) is 10.3. The molecule has 0 saturated carbocycles. The predicted octanol–water partition coefficient (Wildman–Crippen LogP) is 7.75. The molecule has 3 nitrogen and oxygen atoms in total. The lowest BCUT2D eigenvalue weighted by Crippen LogP contribution is -2.02. The lowest BCUT2D eigenvalue weighted by atomic mass is 10.0. The molecule has 0 aliphatic rings. The third kappa shape index (κ3) is 2.70. The van der Waals surface area contributed by atoms with Crippen molar-refractivity contribution in [1.29, 1.82) is 0 Å². The summed E-state index contributed by atoms with van der Waals surface area (Å²) in [6, 6.07) is 15.3. The molecule has 0 amide bonds. The first kappa shape index (κ1) is 18.7. The van der Waals surface area contributed by atoms with E-state index < -0.39 is 0 Å². The van der Waals surface area contributed by atoms with Gasteiger partial charge in [-0.1, -0.05) is 30.3 Å². The number of hydrogen-bond acceptors (Lipinski definition) is 4. The Morgan fingerprint density at radius 2 is 1.48 bits per heavy atom. The van der Waals surface area contributed by atoms with Crippen molar-refractivity contribution < 1.29 is 0 Å². The molecular formula is C26H21N3S2. The van der Waals surface area contributed by atoms with Crippen LogP contribution in [0.1, 0.15) is 22.4 Å². The van der Waals surface area contributed by atoms with Gasteiger partial charge in [-0.25, -0.2) is 9.97 Å². The highest BCUT2D eigenvalue weighted by atomic mass is 32.1. The van der Waals surface area contributed by atoms with Crippen LogP contribution >= 0.6 is 22.7 Å². The van der Waals surface area contributed by atoms with Crippen molar-refractivity contribution in [2.24, 2.45) is 0 Å². The number of benzene rings is 2. The zero-order valence-electron chi connectivity index (χ0n) is 17.9. The summed E-state index contributed by atoms with van der Waals surface area (Å²) in [5.74, 6) is 1.01. The highest BCUT2D eigenvalue weighted by Crippen LogP contribution is 2.47. The highest BCUT2D eigenvalue weighted by Gasteiger charge is 2.20. The van der Waals surface area contributed by atoms with Gasteiger partial charge in [-0.15, -0.1) is 22.7 Å². The molecule has 0 N–H and O–H groups in total. The van der Waals surface area contributed by atoms with Crippen LogP contribution in [0.2, 0.25) is 0 Å². The maximum Gasteiger partial charge on any atom is 0.146 e. The van der Waals surface area contributed by atoms with Crippen molar-refractivity contribution in [1.82, 2.24) is 14.5 Å². The van der Waals surface area contributed by atoms with E-state index >= 15 is 0 Å². The van der Waals surface area contributed by atoms with Crippen molar-refractivity contribution >= 4 is 52.4 Å². The lowest BCUT2D eigenvalue weighted by molar-refractivity contribution is 1.03. The average Bonchev–Trinajstić information content (AvgIpc) is 3.42. The minimum Gasteiger partial charge on any atom is -0.299 e. The molecular weight excluding hydrogens is 418 g/mol. The summed E-state index contributed by atoms with van der Waals surface area (Å²) in [5.41, 5.74) is 7.27. The molecule has 0 atom stereocenters. The fourth-order valence-corrected chi connectivity index (χ4v) is 7.37. The largest absolute Gasteiger partial charge is 0.299 e. The van der Waals surface area contributed by atoms with Gasteiger partial charge in [0.2, 0.25) is 0 Å². The molecule has 0 unspecified atom stereocenters. The van der Waals surface area contributed by atoms with E-state index in [9.17, 15) is 0 Å². The number of hydrogen-bond donors (Lipinski definition) is 0. The van der Waals surface area contributed by atoms with Crippen molar-refractivity contribution in [3.05, 3.63) is 77.2 Å². The van der Waals surface area contributed by atoms with E-state index in [0.717, 1.165) is 16.3 Å². The highest BCUT2D eigenvalue weighted by molar-refractivity contribution is 7.36. The third-order valence-electron chi connectivity index (χ3n) is 6.01. The molecule has 0 bridgehead atoms. The van der Waals surface area contributed by atoms with Gasteiger partial charge in [-0.05, 0) is 56.5 Å². The topological polar surface area (TPSA) is 30.7 Å². The maximum atomic E-state index is 4.85. The molecule has 0 fully saturated rings. The molecule has 0 aliphatic heterocycles. The Balaban J connectivity index is 1.68. The van der Waals surface area contributed by atoms with Crippen LogP contribution in [0.25, 0.3) is 46.8 Å². The summed E-state index contributed by atoms with van der Waals surface area (Å²) in [4.78, 5) is 10.7. The normalized spacial score (nSPS) is 11.9. The summed E-state index contributed by atoms with van der Waals surface area (Å²) < 4.78 is 6.23. The van der Waals surface area contributed by atoms with Crippen molar-refractivity contribution in [3.63, 3.8) is 0 Å². The molecule has 0 aliphatic carbocycles. The summed E-state index contributed by atoms with van der Waals surface area (Å²) in [6.45, 7) is 8.58. The fraction of sp³-hybridized carbons (Fsp3) is 0.154. The number of pyridine rings is 1. The van der Waals surface area contributed by atoms with E-state index in [1.807, 2.05) is 17.5 Å². The zero-order valence-corrected chi connectivity index (χ0v) is 19.5. The SMILES string of the molecule is Cc1ccc2c(n1)sc1c3ccc(C)c(-c4nccn4-c4c(C)cccc4C)c3sc21. The first-order valence-corrected chi connectivity index (χ1v) is 12.0.